The second-order valence-corrected chi connectivity index (χ2v) is 6.94. The van der Waals surface area contributed by atoms with Gasteiger partial charge in [-0.1, -0.05) is 13.3 Å². The SMILES string of the molecule is CCc1ncc(S(=O)(=O)NCCCN2CCCCC2)[nH]1. The predicted octanol–water partition coefficient (Wildman–Crippen LogP) is 1.13. The van der Waals surface area contributed by atoms with Crippen molar-refractivity contribution in [1.29, 1.82) is 0 Å². The molecule has 1 aromatic rings. The van der Waals surface area contributed by atoms with Crippen molar-refractivity contribution in [2.45, 2.75) is 44.1 Å². The second-order valence-electron chi connectivity index (χ2n) is 5.20. The zero-order valence-corrected chi connectivity index (χ0v) is 12.9. The van der Waals surface area contributed by atoms with Crippen molar-refractivity contribution in [1.82, 2.24) is 19.6 Å². The summed E-state index contributed by atoms with van der Waals surface area (Å²) in [5.41, 5.74) is 0. The topological polar surface area (TPSA) is 78.1 Å². The number of likely N-dealkylation sites (tertiary alicyclic amines) is 1. The van der Waals surface area contributed by atoms with Gasteiger partial charge in [0.2, 0.25) is 0 Å². The lowest BCUT2D eigenvalue weighted by Gasteiger charge is -2.26. The molecule has 114 valence electrons. The van der Waals surface area contributed by atoms with Gasteiger partial charge in [0.05, 0.1) is 6.20 Å². The number of aromatic nitrogens is 2. The number of hydrogen-bond donors (Lipinski definition) is 2. The highest BCUT2D eigenvalue weighted by molar-refractivity contribution is 7.89. The van der Waals surface area contributed by atoms with Crippen LogP contribution in [0.3, 0.4) is 0 Å². The number of sulfonamides is 1. The fraction of sp³-hybridized carbons (Fsp3) is 0.769. The van der Waals surface area contributed by atoms with Crippen LogP contribution in [-0.4, -0.2) is 49.5 Å². The van der Waals surface area contributed by atoms with E-state index in [0.717, 1.165) is 26.1 Å². The Hall–Kier alpha value is -0.920. The largest absolute Gasteiger partial charge is 0.332 e. The van der Waals surface area contributed by atoms with Crippen LogP contribution in [0.5, 0.6) is 0 Å². The number of aryl methyl sites for hydroxylation is 1. The first-order chi connectivity index (χ1) is 9.62. The normalized spacial score (nSPS) is 17.4. The fourth-order valence-corrected chi connectivity index (χ4v) is 3.44. The second kappa shape index (κ2) is 7.19. The van der Waals surface area contributed by atoms with E-state index in [2.05, 4.69) is 19.6 Å². The summed E-state index contributed by atoms with van der Waals surface area (Å²) < 4.78 is 26.7. The molecule has 0 aliphatic carbocycles. The Morgan fingerprint density at radius 2 is 2.10 bits per heavy atom. The summed E-state index contributed by atoms with van der Waals surface area (Å²) in [4.78, 5) is 9.25. The minimum atomic E-state index is -3.44. The van der Waals surface area contributed by atoms with E-state index in [1.54, 1.807) is 0 Å². The quantitative estimate of drug-likeness (QED) is 0.740. The van der Waals surface area contributed by atoms with Gasteiger partial charge in [-0.25, -0.2) is 18.1 Å². The number of aromatic amines is 1. The smallest absolute Gasteiger partial charge is 0.257 e. The van der Waals surface area contributed by atoms with Crippen LogP contribution >= 0.6 is 0 Å². The highest BCUT2D eigenvalue weighted by Crippen LogP contribution is 2.09. The summed E-state index contributed by atoms with van der Waals surface area (Å²) in [6.07, 6.45) is 6.77. The molecule has 2 heterocycles. The van der Waals surface area contributed by atoms with Crippen molar-refractivity contribution >= 4 is 10.0 Å². The number of rotatable bonds is 7. The summed E-state index contributed by atoms with van der Waals surface area (Å²) in [5, 5.41) is 0.160. The molecule has 1 aromatic heterocycles. The Morgan fingerprint density at radius 1 is 1.35 bits per heavy atom. The van der Waals surface area contributed by atoms with E-state index in [-0.39, 0.29) is 5.03 Å². The van der Waals surface area contributed by atoms with Crippen LogP contribution in [0.1, 0.15) is 38.4 Å². The predicted molar refractivity (Wildman–Crippen MR) is 78.1 cm³/mol. The molecule has 0 aromatic carbocycles. The molecule has 1 saturated heterocycles. The van der Waals surface area contributed by atoms with Crippen molar-refractivity contribution < 1.29 is 8.42 Å². The van der Waals surface area contributed by atoms with Crippen molar-refractivity contribution in [2.75, 3.05) is 26.2 Å². The summed E-state index contributed by atoms with van der Waals surface area (Å²) in [6, 6.07) is 0. The molecule has 1 fully saturated rings. The van der Waals surface area contributed by atoms with Gasteiger partial charge in [0.25, 0.3) is 10.0 Å². The molecule has 0 unspecified atom stereocenters. The Morgan fingerprint density at radius 3 is 2.75 bits per heavy atom. The van der Waals surface area contributed by atoms with Crippen molar-refractivity contribution in [2.24, 2.45) is 0 Å². The van der Waals surface area contributed by atoms with Crippen molar-refractivity contribution in [3.8, 4) is 0 Å². The van der Waals surface area contributed by atoms with Crippen LogP contribution in [0.15, 0.2) is 11.2 Å². The van der Waals surface area contributed by atoms with Gasteiger partial charge < -0.3 is 9.88 Å². The number of H-pyrrole nitrogens is 1. The summed E-state index contributed by atoms with van der Waals surface area (Å²) in [5.74, 6) is 0.693. The van der Waals surface area contributed by atoms with Crippen LogP contribution in [-0.2, 0) is 16.4 Å². The molecular weight excluding hydrogens is 276 g/mol. The first-order valence-electron chi connectivity index (χ1n) is 7.37. The van der Waals surface area contributed by atoms with Gasteiger partial charge in [0, 0.05) is 13.0 Å². The Balaban J connectivity index is 1.74. The Bertz CT molecular complexity index is 506. The van der Waals surface area contributed by atoms with Crippen LogP contribution in [0, 0.1) is 0 Å². The van der Waals surface area contributed by atoms with Gasteiger partial charge in [-0.05, 0) is 38.9 Å². The van der Waals surface area contributed by atoms with Gasteiger partial charge in [0.1, 0.15) is 5.82 Å². The number of hydrogen-bond acceptors (Lipinski definition) is 4. The molecule has 0 radical (unpaired) electrons. The molecule has 0 amide bonds. The number of piperidine rings is 1. The van der Waals surface area contributed by atoms with Crippen LogP contribution in [0.4, 0.5) is 0 Å². The van der Waals surface area contributed by atoms with E-state index in [1.807, 2.05) is 6.92 Å². The Kier molecular flexibility index (Phi) is 5.56. The van der Waals surface area contributed by atoms with Crippen LogP contribution in [0.2, 0.25) is 0 Å². The van der Waals surface area contributed by atoms with E-state index in [9.17, 15) is 8.42 Å². The molecule has 0 saturated carbocycles. The lowest BCUT2D eigenvalue weighted by atomic mass is 10.1. The molecule has 2 N–H and O–H groups in total. The first kappa shape index (κ1) is 15.5. The first-order valence-corrected chi connectivity index (χ1v) is 8.86. The minimum absolute atomic E-state index is 0.160. The molecule has 6 nitrogen and oxygen atoms in total. The van der Waals surface area contributed by atoms with Crippen molar-refractivity contribution in [3.05, 3.63) is 12.0 Å². The van der Waals surface area contributed by atoms with Crippen LogP contribution in [0.25, 0.3) is 0 Å². The maximum Gasteiger partial charge on any atom is 0.257 e. The molecule has 20 heavy (non-hydrogen) atoms. The highest BCUT2D eigenvalue weighted by Gasteiger charge is 2.16. The maximum atomic E-state index is 12.0. The molecule has 1 aliphatic heterocycles. The van der Waals surface area contributed by atoms with E-state index in [4.69, 9.17) is 0 Å². The zero-order chi connectivity index (χ0) is 14.4. The standard InChI is InChI=1S/C13H24N4O2S/c1-2-12-14-11-13(16-12)20(18,19)15-7-6-10-17-8-4-3-5-9-17/h11,15H,2-10H2,1H3,(H,14,16). The van der Waals surface area contributed by atoms with E-state index >= 15 is 0 Å². The van der Waals surface area contributed by atoms with Gasteiger partial charge in [-0.3, -0.25) is 0 Å². The molecular formula is C13H24N4O2S. The maximum absolute atomic E-state index is 12.0. The van der Waals surface area contributed by atoms with Gasteiger partial charge in [0.15, 0.2) is 5.03 Å². The summed E-state index contributed by atoms with van der Waals surface area (Å²) in [6.45, 7) is 5.66. The van der Waals surface area contributed by atoms with Gasteiger partial charge >= 0.3 is 0 Å². The monoisotopic (exact) mass is 300 g/mol. The van der Waals surface area contributed by atoms with Crippen LogP contribution < -0.4 is 4.72 Å². The molecule has 0 atom stereocenters. The minimum Gasteiger partial charge on any atom is -0.332 e. The number of nitrogens with zero attached hydrogens (tertiary/aromatic N) is 2. The van der Waals surface area contributed by atoms with E-state index in [0.29, 0.717) is 18.8 Å². The van der Waals surface area contributed by atoms with Crippen molar-refractivity contribution in [3.63, 3.8) is 0 Å². The fourth-order valence-electron chi connectivity index (χ4n) is 2.43. The average molecular weight is 300 g/mol. The highest BCUT2D eigenvalue weighted by atomic mass is 32.2. The molecule has 0 bridgehead atoms. The van der Waals surface area contributed by atoms with Gasteiger partial charge in [-0.2, -0.15) is 0 Å². The molecule has 0 spiro atoms. The molecule has 7 heteroatoms. The molecule has 1 aliphatic rings. The number of imidazole rings is 1. The Labute approximate surface area is 121 Å². The average Bonchev–Trinajstić information content (AvgIpc) is 2.95. The lowest BCUT2D eigenvalue weighted by molar-refractivity contribution is 0.227. The summed E-state index contributed by atoms with van der Waals surface area (Å²) >= 11 is 0. The third-order valence-electron chi connectivity index (χ3n) is 3.62. The van der Waals surface area contributed by atoms with Gasteiger partial charge in [-0.15, -0.1) is 0 Å². The lowest BCUT2D eigenvalue weighted by Crippen LogP contribution is -2.33. The van der Waals surface area contributed by atoms with E-state index in [1.165, 1.54) is 25.5 Å². The van der Waals surface area contributed by atoms with E-state index < -0.39 is 10.0 Å². The summed E-state index contributed by atoms with van der Waals surface area (Å²) in [7, 11) is -3.44. The number of nitrogens with one attached hydrogen (secondary N) is 2. The third-order valence-corrected chi connectivity index (χ3v) is 4.99. The zero-order valence-electron chi connectivity index (χ0n) is 12.1. The third kappa shape index (κ3) is 4.29. The molecule has 2 rings (SSSR count).